The molecule has 0 saturated carbocycles. The highest BCUT2D eigenvalue weighted by atomic mass is 32.2. The Morgan fingerprint density at radius 3 is 2.58 bits per heavy atom. The number of likely N-dealkylation sites (tertiary alicyclic amines) is 1. The maximum Gasteiger partial charge on any atom is 0.277 e. The van der Waals surface area contributed by atoms with Crippen molar-refractivity contribution in [3.63, 3.8) is 0 Å². The summed E-state index contributed by atoms with van der Waals surface area (Å²) >= 11 is 0. The van der Waals surface area contributed by atoms with Gasteiger partial charge in [-0.3, -0.25) is 4.79 Å². The molecule has 2 fully saturated rings. The van der Waals surface area contributed by atoms with Gasteiger partial charge in [-0.05, 0) is 30.9 Å². The van der Waals surface area contributed by atoms with E-state index in [-0.39, 0.29) is 10.8 Å². The lowest BCUT2D eigenvalue weighted by atomic mass is 10.0. The average Bonchev–Trinajstić information content (AvgIpc) is 2.62. The third kappa shape index (κ3) is 4.24. The minimum Gasteiger partial charge on any atom is -0.338 e. The first kappa shape index (κ1) is 19.3. The standard InChI is InChI=1S/C18H26FN3O3S/c1-15-5-4-8-21(13-15)18(23)14-20-9-11-22(12-10-20)26(24,25)17-7-3-2-6-16(17)19/h2-3,6-7,15H,4-5,8-14H2,1H3/p+1/t15-/m0/s1. The van der Waals surface area contributed by atoms with Crippen LogP contribution in [0.3, 0.4) is 0 Å². The minimum absolute atomic E-state index is 0.150. The lowest BCUT2D eigenvalue weighted by Gasteiger charge is -2.34. The van der Waals surface area contributed by atoms with Gasteiger partial charge in [0, 0.05) is 13.1 Å². The van der Waals surface area contributed by atoms with Crippen LogP contribution >= 0.6 is 0 Å². The Kier molecular flexibility index (Phi) is 5.94. The third-order valence-corrected chi connectivity index (χ3v) is 7.23. The molecular weight excluding hydrogens is 357 g/mol. The molecule has 0 unspecified atom stereocenters. The predicted molar refractivity (Wildman–Crippen MR) is 95.7 cm³/mol. The summed E-state index contributed by atoms with van der Waals surface area (Å²) in [5.74, 6) is -0.0286. The maximum absolute atomic E-state index is 13.9. The Bertz CT molecular complexity index is 748. The van der Waals surface area contributed by atoms with Crippen molar-refractivity contribution in [3.05, 3.63) is 30.1 Å². The van der Waals surface area contributed by atoms with E-state index in [1.807, 2.05) is 4.90 Å². The molecule has 0 aromatic heterocycles. The molecule has 0 radical (unpaired) electrons. The van der Waals surface area contributed by atoms with Crippen LogP contribution < -0.4 is 4.90 Å². The molecule has 1 aromatic carbocycles. The molecule has 0 bridgehead atoms. The summed E-state index contributed by atoms with van der Waals surface area (Å²) in [4.78, 5) is 15.2. The average molecular weight is 384 g/mol. The first-order valence-corrected chi connectivity index (χ1v) is 10.7. The normalized spacial score (nSPS) is 23.2. The fourth-order valence-corrected chi connectivity index (χ4v) is 5.26. The topological polar surface area (TPSA) is 62.1 Å². The van der Waals surface area contributed by atoms with Crippen LogP contribution in [0.5, 0.6) is 0 Å². The summed E-state index contributed by atoms with van der Waals surface area (Å²) in [7, 11) is -3.82. The number of carbonyl (C=O) groups excluding carboxylic acids is 1. The van der Waals surface area contributed by atoms with Crippen molar-refractivity contribution < 1.29 is 22.5 Å². The van der Waals surface area contributed by atoms with Crippen LogP contribution in [0.2, 0.25) is 0 Å². The van der Waals surface area contributed by atoms with Crippen molar-refractivity contribution >= 4 is 15.9 Å². The number of hydrogen-bond acceptors (Lipinski definition) is 3. The predicted octanol–water partition coefficient (Wildman–Crippen LogP) is -0.0266. The van der Waals surface area contributed by atoms with Crippen LogP contribution in [0, 0.1) is 11.7 Å². The van der Waals surface area contributed by atoms with Gasteiger partial charge in [-0.2, -0.15) is 4.31 Å². The number of amides is 1. The molecule has 3 rings (SSSR count). The van der Waals surface area contributed by atoms with Gasteiger partial charge in [0.2, 0.25) is 10.0 Å². The summed E-state index contributed by atoms with van der Waals surface area (Å²) in [6.45, 7) is 5.93. The molecule has 1 amide bonds. The first-order valence-electron chi connectivity index (χ1n) is 9.24. The van der Waals surface area contributed by atoms with Crippen LogP contribution in [0.4, 0.5) is 4.39 Å². The van der Waals surface area contributed by atoms with Crippen molar-refractivity contribution in [1.29, 1.82) is 0 Å². The van der Waals surface area contributed by atoms with Gasteiger partial charge in [0.25, 0.3) is 5.91 Å². The molecule has 6 nitrogen and oxygen atoms in total. The summed E-state index contributed by atoms with van der Waals surface area (Å²) < 4.78 is 40.4. The van der Waals surface area contributed by atoms with Crippen molar-refractivity contribution in [2.24, 2.45) is 5.92 Å². The summed E-state index contributed by atoms with van der Waals surface area (Å²) in [6, 6.07) is 5.46. The molecule has 144 valence electrons. The number of piperazine rings is 1. The molecule has 1 N–H and O–H groups in total. The van der Waals surface area contributed by atoms with Crippen LogP contribution in [0.15, 0.2) is 29.2 Å². The maximum atomic E-state index is 13.9. The van der Waals surface area contributed by atoms with Gasteiger partial charge in [0.15, 0.2) is 6.54 Å². The van der Waals surface area contributed by atoms with E-state index in [0.717, 1.165) is 30.5 Å². The monoisotopic (exact) mass is 384 g/mol. The van der Waals surface area contributed by atoms with Gasteiger partial charge >= 0.3 is 0 Å². The van der Waals surface area contributed by atoms with Crippen LogP contribution in [0.1, 0.15) is 19.8 Å². The molecule has 2 heterocycles. The lowest BCUT2D eigenvalue weighted by Crippen LogP contribution is -3.15. The molecule has 1 aromatic rings. The molecule has 8 heteroatoms. The fraction of sp³-hybridized carbons (Fsp3) is 0.611. The SMILES string of the molecule is C[C@H]1CCCN(C(=O)C[NH+]2CCN(S(=O)(=O)c3ccccc3F)CC2)C1. The van der Waals surface area contributed by atoms with Gasteiger partial charge in [0.05, 0.1) is 26.2 Å². The zero-order chi connectivity index (χ0) is 18.7. The number of quaternary nitrogens is 1. The van der Waals surface area contributed by atoms with Crippen molar-refractivity contribution in [1.82, 2.24) is 9.21 Å². The Morgan fingerprint density at radius 2 is 1.92 bits per heavy atom. The largest absolute Gasteiger partial charge is 0.338 e. The number of halogens is 1. The van der Waals surface area contributed by atoms with Crippen molar-refractivity contribution in [2.75, 3.05) is 45.8 Å². The minimum atomic E-state index is -3.82. The molecule has 2 aliphatic rings. The highest BCUT2D eigenvalue weighted by Crippen LogP contribution is 2.19. The molecule has 2 aliphatic heterocycles. The van der Waals surface area contributed by atoms with Gasteiger partial charge in [-0.1, -0.05) is 19.1 Å². The van der Waals surface area contributed by atoms with Crippen molar-refractivity contribution in [2.45, 2.75) is 24.7 Å². The number of rotatable bonds is 4. The number of hydrogen-bond donors (Lipinski definition) is 1. The van der Waals surface area contributed by atoms with Gasteiger partial charge in [0.1, 0.15) is 10.7 Å². The fourth-order valence-electron chi connectivity index (χ4n) is 3.75. The highest BCUT2D eigenvalue weighted by Gasteiger charge is 2.33. The molecular formula is C18H27FN3O3S+. The van der Waals surface area contributed by atoms with E-state index in [1.54, 1.807) is 0 Å². The van der Waals surface area contributed by atoms with Crippen LogP contribution in [0.25, 0.3) is 0 Å². The summed E-state index contributed by atoms with van der Waals surface area (Å²) in [6.07, 6.45) is 2.22. The van der Waals surface area contributed by atoms with E-state index in [0.29, 0.717) is 38.6 Å². The van der Waals surface area contributed by atoms with Crippen molar-refractivity contribution in [3.8, 4) is 0 Å². The van der Waals surface area contributed by atoms with E-state index in [1.165, 1.54) is 28.9 Å². The summed E-state index contributed by atoms with van der Waals surface area (Å²) in [5.41, 5.74) is 0. The molecule has 0 aliphatic carbocycles. The van der Waals surface area contributed by atoms with E-state index >= 15 is 0 Å². The molecule has 2 saturated heterocycles. The number of sulfonamides is 1. The Labute approximate surface area is 154 Å². The summed E-state index contributed by atoms with van der Waals surface area (Å²) in [5, 5.41) is 0. The second-order valence-corrected chi connectivity index (χ2v) is 9.25. The third-order valence-electron chi connectivity index (χ3n) is 5.29. The van der Waals surface area contributed by atoms with E-state index in [2.05, 4.69) is 6.92 Å². The quantitative estimate of drug-likeness (QED) is 0.793. The number of nitrogens with one attached hydrogen (secondary N) is 1. The smallest absolute Gasteiger partial charge is 0.277 e. The number of carbonyl (C=O) groups is 1. The van der Waals surface area contributed by atoms with E-state index < -0.39 is 15.8 Å². The second-order valence-electron chi connectivity index (χ2n) is 7.35. The highest BCUT2D eigenvalue weighted by molar-refractivity contribution is 7.89. The Morgan fingerprint density at radius 1 is 1.23 bits per heavy atom. The van der Waals surface area contributed by atoms with Gasteiger partial charge < -0.3 is 9.80 Å². The Hall–Kier alpha value is -1.51. The lowest BCUT2D eigenvalue weighted by molar-refractivity contribution is -0.896. The number of nitrogens with zero attached hydrogens (tertiary/aromatic N) is 2. The molecule has 1 atom stereocenters. The number of benzene rings is 1. The second kappa shape index (κ2) is 8.02. The van der Waals surface area contributed by atoms with Crippen LogP contribution in [-0.2, 0) is 14.8 Å². The van der Waals surface area contributed by atoms with E-state index in [4.69, 9.17) is 0 Å². The first-order chi connectivity index (χ1) is 12.4. The molecule has 26 heavy (non-hydrogen) atoms. The van der Waals surface area contributed by atoms with E-state index in [9.17, 15) is 17.6 Å². The number of piperidine rings is 1. The zero-order valence-corrected chi connectivity index (χ0v) is 16.0. The Balaban J connectivity index is 1.56. The molecule has 0 spiro atoms. The van der Waals surface area contributed by atoms with Gasteiger partial charge in [-0.25, -0.2) is 12.8 Å². The van der Waals surface area contributed by atoms with Gasteiger partial charge in [-0.15, -0.1) is 0 Å². The zero-order valence-electron chi connectivity index (χ0n) is 15.2. The van der Waals surface area contributed by atoms with Crippen LogP contribution in [-0.4, -0.2) is 69.3 Å².